The van der Waals surface area contributed by atoms with Gasteiger partial charge in [0, 0.05) is 39.4 Å². The molecule has 1 saturated carbocycles. The molecule has 2 aliphatic rings. The van der Waals surface area contributed by atoms with Crippen LogP contribution in [0.25, 0.3) is 0 Å². The second-order valence-electron chi connectivity index (χ2n) is 6.63. The van der Waals surface area contributed by atoms with Crippen LogP contribution >= 0.6 is 0 Å². The van der Waals surface area contributed by atoms with Crippen LogP contribution in [-0.2, 0) is 9.47 Å². The Balaban J connectivity index is 2.05. The van der Waals surface area contributed by atoms with Crippen LogP contribution in [0.15, 0.2) is 0 Å². The fourth-order valence-electron chi connectivity index (χ4n) is 3.88. The third-order valence-corrected chi connectivity index (χ3v) is 5.05. The molecule has 0 aromatic carbocycles. The SMILES string of the molecule is CCNC1C(N2CC(OC)C(OC)C2)CCC1(C)C. The summed E-state index contributed by atoms with van der Waals surface area (Å²) in [6.07, 6.45) is 3.01. The van der Waals surface area contributed by atoms with Gasteiger partial charge in [0.05, 0.1) is 12.2 Å². The zero-order chi connectivity index (χ0) is 14.0. The standard InChI is InChI=1S/C15H30N2O2/c1-6-16-14-11(7-8-15(14,2)3)17-9-12(18-4)13(10-17)19-5/h11-14,16H,6-10H2,1-5H3. The van der Waals surface area contributed by atoms with E-state index < -0.39 is 0 Å². The zero-order valence-electron chi connectivity index (χ0n) is 13.1. The van der Waals surface area contributed by atoms with E-state index >= 15 is 0 Å². The monoisotopic (exact) mass is 270 g/mol. The summed E-state index contributed by atoms with van der Waals surface area (Å²) in [7, 11) is 3.58. The lowest BCUT2D eigenvalue weighted by molar-refractivity contribution is -0.00461. The fraction of sp³-hybridized carbons (Fsp3) is 1.00. The Morgan fingerprint density at radius 2 is 1.74 bits per heavy atom. The van der Waals surface area contributed by atoms with Crippen molar-refractivity contribution >= 4 is 0 Å². The Morgan fingerprint density at radius 1 is 1.16 bits per heavy atom. The maximum absolute atomic E-state index is 5.56. The smallest absolute Gasteiger partial charge is 0.0971 e. The highest BCUT2D eigenvalue weighted by Gasteiger charge is 2.47. The Morgan fingerprint density at radius 3 is 2.21 bits per heavy atom. The molecule has 4 atom stereocenters. The molecule has 0 aromatic rings. The van der Waals surface area contributed by atoms with Crippen LogP contribution in [0.3, 0.4) is 0 Å². The van der Waals surface area contributed by atoms with Crippen molar-refractivity contribution in [3.8, 4) is 0 Å². The first-order valence-corrected chi connectivity index (χ1v) is 7.56. The van der Waals surface area contributed by atoms with Gasteiger partial charge in [0.15, 0.2) is 0 Å². The molecule has 2 rings (SSSR count). The molecule has 19 heavy (non-hydrogen) atoms. The second kappa shape index (κ2) is 6.08. The number of likely N-dealkylation sites (N-methyl/N-ethyl adjacent to an activating group) is 1. The number of ether oxygens (including phenoxy) is 2. The van der Waals surface area contributed by atoms with E-state index in [1.54, 1.807) is 14.2 Å². The van der Waals surface area contributed by atoms with E-state index in [9.17, 15) is 0 Å². The van der Waals surface area contributed by atoms with Gasteiger partial charge in [-0.05, 0) is 24.8 Å². The molecule has 1 saturated heterocycles. The van der Waals surface area contributed by atoms with E-state index in [-0.39, 0.29) is 12.2 Å². The van der Waals surface area contributed by atoms with Crippen LogP contribution in [0.1, 0.15) is 33.6 Å². The quantitative estimate of drug-likeness (QED) is 0.821. The Labute approximate surface area is 117 Å². The summed E-state index contributed by atoms with van der Waals surface area (Å²) < 4.78 is 11.1. The van der Waals surface area contributed by atoms with Gasteiger partial charge in [0.1, 0.15) is 0 Å². The molecule has 4 unspecified atom stereocenters. The van der Waals surface area contributed by atoms with E-state index in [4.69, 9.17) is 9.47 Å². The van der Waals surface area contributed by atoms with Crippen molar-refractivity contribution in [2.75, 3.05) is 33.9 Å². The molecule has 4 nitrogen and oxygen atoms in total. The normalized spacial score (nSPS) is 39.0. The van der Waals surface area contributed by atoms with Crippen LogP contribution in [-0.4, -0.2) is 63.0 Å². The van der Waals surface area contributed by atoms with Crippen molar-refractivity contribution in [3.63, 3.8) is 0 Å². The number of likely N-dealkylation sites (tertiary alicyclic amines) is 1. The van der Waals surface area contributed by atoms with Crippen LogP contribution in [0.5, 0.6) is 0 Å². The summed E-state index contributed by atoms with van der Waals surface area (Å²) >= 11 is 0. The van der Waals surface area contributed by atoms with Crippen LogP contribution in [0.2, 0.25) is 0 Å². The number of methoxy groups -OCH3 is 2. The fourth-order valence-corrected chi connectivity index (χ4v) is 3.88. The minimum Gasteiger partial charge on any atom is -0.377 e. The highest BCUT2D eigenvalue weighted by molar-refractivity contribution is 5.03. The van der Waals surface area contributed by atoms with Crippen molar-refractivity contribution in [2.24, 2.45) is 5.41 Å². The Kier molecular flexibility index (Phi) is 4.88. The third kappa shape index (κ3) is 2.97. The highest BCUT2D eigenvalue weighted by atomic mass is 16.5. The summed E-state index contributed by atoms with van der Waals surface area (Å²) in [6, 6.07) is 1.19. The van der Waals surface area contributed by atoms with Crippen molar-refractivity contribution in [1.29, 1.82) is 0 Å². The molecular weight excluding hydrogens is 240 g/mol. The molecular formula is C15H30N2O2. The topological polar surface area (TPSA) is 33.7 Å². The number of nitrogens with one attached hydrogen (secondary N) is 1. The van der Waals surface area contributed by atoms with E-state index in [0.717, 1.165) is 19.6 Å². The van der Waals surface area contributed by atoms with Crippen LogP contribution < -0.4 is 5.32 Å². The van der Waals surface area contributed by atoms with Crippen LogP contribution in [0, 0.1) is 5.41 Å². The van der Waals surface area contributed by atoms with Crippen LogP contribution in [0.4, 0.5) is 0 Å². The molecule has 0 bridgehead atoms. The van der Waals surface area contributed by atoms with Gasteiger partial charge in [0.25, 0.3) is 0 Å². The van der Waals surface area contributed by atoms with E-state index in [1.165, 1.54) is 12.8 Å². The lowest BCUT2D eigenvalue weighted by atomic mass is 9.86. The average molecular weight is 270 g/mol. The minimum atomic E-state index is 0.219. The van der Waals surface area contributed by atoms with Gasteiger partial charge in [-0.3, -0.25) is 4.90 Å². The molecule has 4 heteroatoms. The second-order valence-corrected chi connectivity index (χ2v) is 6.63. The summed E-state index contributed by atoms with van der Waals surface area (Å²) in [5, 5.41) is 3.70. The number of hydrogen-bond acceptors (Lipinski definition) is 4. The van der Waals surface area contributed by atoms with Gasteiger partial charge in [-0.1, -0.05) is 20.8 Å². The van der Waals surface area contributed by atoms with Crippen molar-refractivity contribution in [1.82, 2.24) is 10.2 Å². The summed E-state index contributed by atoms with van der Waals surface area (Å²) in [5.41, 5.74) is 0.383. The van der Waals surface area contributed by atoms with Gasteiger partial charge in [-0.2, -0.15) is 0 Å². The maximum Gasteiger partial charge on any atom is 0.0971 e. The largest absolute Gasteiger partial charge is 0.377 e. The molecule has 1 heterocycles. The summed E-state index contributed by atoms with van der Waals surface area (Å²) in [5.74, 6) is 0. The lowest BCUT2D eigenvalue weighted by Gasteiger charge is -2.35. The minimum absolute atomic E-state index is 0.219. The zero-order valence-corrected chi connectivity index (χ0v) is 13.1. The summed E-state index contributed by atoms with van der Waals surface area (Å²) in [4.78, 5) is 2.57. The van der Waals surface area contributed by atoms with Gasteiger partial charge in [-0.15, -0.1) is 0 Å². The predicted octanol–water partition coefficient (Wildman–Crippen LogP) is 1.50. The van der Waals surface area contributed by atoms with Crippen molar-refractivity contribution in [3.05, 3.63) is 0 Å². The lowest BCUT2D eigenvalue weighted by Crippen LogP contribution is -2.51. The molecule has 0 radical (unpaired) electrons. The molecule has 0 spiro atoms. The molecule has 1 aliphatic heterocycles. The third-order valence-electron chi connectivity index (χ3n) is 5.05. The Bertz CT molecular complexity index is 284. The highest BCUT2D eigenvalue weighted by Crippen LogP contribution is 2.41. The van der Waals surface area contributed by atoms with Crippen molar-refractivity contribution < 1.29 is 9.47 Å². The van der Waals surface area contributed by atoms with Gasteiger partial charge in [0.2, 0.25) is 0 Å². The maximum atomic E-state index is 5.56. The first-order valence-electron chi connectivity index (χ1n) is 7.56. The average Bonchev–Trinajstić information content (AvgIpc) is 2.92. The number of rotatable bonds is 5. The summed E-state index contributed by atoms with van der Waals surface area (Å²) in [6.45, 7) is 10.0. The molecule has 1 aliphatic carbocycles. The molecule has 0 aromatic heterocycles. The van der Waals surface area contributed by atoms with Gasteiger partial charge < -0.3 is 14.8 Å². The number of nitrogens with zero attached hydrogens (tertiary/aromatic N) is 1. The van der Waals surface area contributed by atoms with Crippen molar-refractivity contribution in [2.45, 2.75) is 57.9 Å². The van der Waals surface area contributed by atoms with E-state index in [2.05, 4.69) is 31.0 Å². The Hall–Kier alpha value is -0.160. The first kappa shape index (κ1) is 15.2. The van der Waals surface area contributed by atoms with E-state index in [1.807, 2.05) is 0 Å². The molecule has 1 N–H and O–H groups in total. The number of hydrogen-bond donors (Lipinski definition) is 1. The van der Waals surface area contributed by atoms with Gasteiger partial charge >= 0.3 is 0 Å². The van der Waals surface area contributed by atoms with Gasteiger partial charge in [-0.25, -0.2) is 0 Å². The molecule has 0 amide bonds. The van der Waals surface area contributed by atoms with E-state index in [0.29, 0.717) is 17.5 Å². The molecule has 2 fully saturated rings. The predicted molar refractivity (Wildman–Crippen MR) is 77.4 cm³/mol. The first-order chi connectivity index (χ1) is 9.03. The molecule has 112 valence electrons.